The molecule has 1 aliphatic heterocycles. The van der Waals surface area contributed by atoms with Crippen LogP contribution in [0.2, 0.25) is 0 Å². The Morgan fingerprint density at radius 2 is 1.69 bits per heavy atom. The number of hydrogen-bond donors (Lipinski definition) is 0. The van der Waals surface area contributed by atoms with Gasteiger partial charge in [0.05, 0.1) is 0 Å². The molecule has 0 N–H and O–H groups in total. The van der Waals surface area contributed by atoms with Crippen molar-refractivity contribution in [3.63, 3.8) is 0 Å². The summed E-state index contributed by atoms with van der Waals surface area (Å²) >= 11 is 0. The Bertz CT molecular complexity index is 355. The summed E-state index contributed by atoms with van der Waals surface area (Å²) in [6, 6.07) is 5.38. The second-order valence-corrected chi connectivity index (χ2v) is 3.29. The van der Waals surface area contributed by atoms with Gasteiger partial charge in [-0.2, -0.15) is 0 Å². The summed E-state index contributed by atoms with van der Waals surface area (Å²) in [5.74, 6) is -0.261. The van der Waals surface area contributed by atoms with Gasteiger partial charge in [-0.3, -0.25) is 0 Å². The van der Waals surface area contributed by atoms with Crippen LogP contribution in [-0.2, 0) is 9.47 Å². The van der Waals surface area contributed by atoms with Crippen LogP contribution in [0.3, 0.4) is 0 Å². The van der Waals surface area contributed by atoms with Crippen molar-refractivity contribution < 1.29 is 27.4 Å². The number of ether oxygens (including phenoxy) is 3. The molecule has 88 valence electrons. The second-order valence-electron chi connectivity index (χ2n) is 3.29. The fraction of sp³-hybridized carbons (Fsp3) is 0.400. The lowest BCUT2D eigenvalue weighted by molar-refractivity contribution is -0.382. The van der Waals surface area contributed by atoms with E-state index in [0.717, 1.165) is 0 Å². The highest BCUT2D eigenvalue weighted by Gasteiger charge is 2.32. The van der Waals surface area contributed by atoms with Gasteiger partial charge in [-0.25, -0.2) is 0 Å². The van der Waals surface area contributed by atoms with Crippen LogP contribution in [0.4, 0.5) is 13.2 Å². The molecule has 1 saturated heterocycles. The maximum atomic E-state index is 11.9. The number of halogens is 3. The van der Waals surface area contributed by atoms with Crippen LogP contribution in [0.1, 0.15) is 18.8 Å². The Morgan fingerprint density at radius 1 is 1.12 bits per heavy atom. The van der Waals surface area contributed by atoms with Crippen molar-refractivity contribution in [2.75, 3.05) is 0 Å². The first-order chi connectivity index (χ1) is 7.44. The smallest absolute Gasteiger partial charge is 0.406 e. The number of hydrogen-bond acceptors (Lipinski definition) is 3. The van der Waals surface area contributed by atoms with Crippen LogP contribution in [0.25, 0.3) is 0 Å². The zero-order chi connectivity index (χ0) is 11.8. The van der Waals surface area contributed by atoms with Crippen LogP contribution >= 0.6 is 0 Å². The molecule has 0 radical (unpaired) electrons. The molecule has 0 aliphatic carbocycles. The summed E-state index contributed by atoms with van der Waals surface area (Å²) in [6.07, 6.45) is -5.43. The van der Waals surface area contributed by atoms with Crippen molar-refractivity contribution in [3.8, 4) is 5.75 Å². The quantitative estimate of drug-likeness (QED) is 0.787. The third-order valence-corrected chi connectivity index (χ3v) is 2.02. The van der Waals surface area contributed by atoms with E-state index in [1.165, 1.54) is 24.3 Å². The molecule has 0 aromatic heterocycles. The standard InChI is InChI=1S/C10H9F3O3/c1-6-14-9(15-6)7-2-4-8(5-3-7)16-10(11,12)13/h2-6,9H,1H3. The van der Waals surface area contributed by atoms with Crippen molar-refractivity contribution in [2.24, 2.45) is 0 Å². The molecule has 6 heteroatoms. The molecule has 0 amide bonds. The van der Waals surface area contributed by atoms with Crippen LogP contribution in [-0.4, -0.2) is 12.7 Å². The average molecular weight is 234 g/mol. The Balaban J connectivity index is 2.00. The number of alkyl halides is 3. The predicted octanol–water partition coefficient (Wildman–Crippen LogP) is 2.98. The number of benzene rings is 1. The largest absolute Gasteiger partial charge is 0.573 e. The van der Waals surface area contributed by atoms with Crippen molar-refractivity contribution in [1.82, 2.24) is 0 Å². The third-order valence-electron chi connectivity index (χ3n) is 2.02. The summed E-state index contributed by atoms with van der Waals surface area (Å²) in [5, 5.41) is 0. The van der Waals surface area contributed by atoms with Gasteiger partial charge in [0, 0.05) is 5.56 Å². The SMILES string of the molecule is CC1OC(c2ccc(OC(F)(F)F)cc2)O1. The van der Waals surface area contributed by atoms with E-state index in [1.54, 1.807) is 6.92 Å². The molecular weight excluding hydrogens is 225 g/mol. The molecule has 1 aromatic carbocycles. The van der Waals surface area contributed by atoms with Gasteiger partial charge in [-0.1, -0.05) is 12.1 Å². The minimum atomic E-state index is -4.67. The van der Waals surface area contributed by atoms with Gasteiger partial charge in [0.25, 0.3) is 0 Å². The van der Waals surface area contributed by atoms with Crippen LogP contribution in [0.5, 0.6) is 5.75 Å². The lowest BCUT2D eigenvalue weighted by Gasteiger charge is -2.33. The molecule has 0 bridgehead atoms. The molecule has 1 aliphatic rings. The summed E-state index contributed by atoms with van der Waals surface area (Å²) in [6.45, 7) is 1.73. The Morgan fingerprint density at radius 3 is 2.12 bits per heavy atom. The average Bonchev–Trinajstić information content (AvgIpc) is 2.12. The molecule has 0 saturated carbocycles. The van der Waals surface area contributed by atoms with E-state index in [2.05, 4.69) is 4.74 Å². The van der Waals surface area contributed by atoms with Crippen molar-refractivity contribution >= 4 is 0 Å². The minimum Gasteiger partial charge on any atom is -0.406 e. The van der Waals surface area contributed by atoms with E-state index < -0.39 is 12.7 Å². The van der Waals surface area contributed by atoms with E-state index in [0.29, 0.717) is 5.56 Å². The first-order valence-electron chi connectivity index (χ1n) is 4.61. The fourth-order valence-electron chi connectivity index (χ4n) is 1.34. The second kappa shape index (κ2) is 3.95. The lowest BCUT2D eigenvalue weighted by atomic mass is 10.2. The maximum Gasteiger partial charge on any atom is 0.573 e. The van der Waals surface area contributed by atoms with E-state index in [-0.39, 0.29) is 12.0 Å². The monoisotopic (exact) mass is 234 g/mol. The molecule has 0 spiro atoms. The van der Waals surface area contributed by atoms with Gasteiger partial charge in [0.15, 0.2) is 12.6 Å². The Kier molecular flexibility index (Phi) is 2.77. The highest BCUT2D eigenvalue weighted by atomic mass is 19.4. The van der Waals surface area contributed by atoms with Gasteiger partial charge in [0.2, 0.25) is 0 Å². The van der Waals surface area contributed by atoms with Crippen molar-refractivity contribution in [2.45, 2.75) is 25.9 Å². The van der Waals surface area contributed by atoms with E-state index in [1.807, 2.05) is 0 Å². The van der Waals surface area contributed by atoms with Gasteiger partial charge >= 0.3 is 6.36 Å². The fourth-order valence-corrected chi connectivity index (χ4v) is 1.34. The van der Waals surface area contributed by atoms with Crippen LogP contribution < -0.4 is 4.74 Å². The topological polar surface area (TPSA) is 27.7 Å². The molecule has 16 heavy (non-hydrogen) atoms. The van der Waals surface area contributed by atoms with Crippen molar-refractivity contribution in [3.05, 3.63) is 29.8 Å². The molecule has 2 rings (SSSR count). The zero-order valence-corrected chi connectivity index (χ0v) is 8.32. The summed E-state index contributed by atoms with van der Waals surface area (Å²) in [7, 11) is 0. The summed E-state index contributed by atoms with van der Waals surface area (Å²) in [5.41, 5.74) is 0.660. The molecular formula is C10H9F3O3. The summed E-state index contributed by atoms with van der Waals surface area (Å²) < 4.78 is 49.7. The Hall–Kier alpha value is -1.27. The number of rotatable bonds is 2. The van der Waals surface area contributed by atoms with Crippen LogP contribution in [0, 0.1) is 0 Å². The third kappa shape index (κ3) is 2.65. The van der Waals surface area contributed by atoms with Gasteiger partial charge in [-0.05, 0) is 19.1 Å². The highest BCUT2D eigenvalue weighted by molar-refractivity contribution is 5.28. The van der Waals surface area contributed by atoms with Crippen molar-refractivity contribution in [1.29, 1.82) is 0 Å². The van der Waals surface area contributed by atoms with Gasteiger partial charge < -0.3 is 14.2 Å². The maximum absolute atomic E-state index is 11.9. The highest BCUT2D eigenvalue weighted by Crippen LogP contribution is 2.32. The molecule has 0 unspecified atom stereocenters. The first kappa shape index (κ1) is 11.2. The van der Waals surface area contributed by atoms with Gasteiger partial charge in [0.1, 0.15) is 5.75 Å². The van der Waals surface area contributed by atoms with Gasteiger partial charge in [-0.15, -0.1) is 13.2 Å². The first-order valence-corrected chi connectivity index (χ1v) is 4.61. The van der Waals surface area contributed by atoms with Crippen LogP contribution in [0.15, 0.2) is 24.3 Å². The molecule has 1 fully saturated rings. The molecule has 1 aromatic rings. The molecule has 1 heterocycles. The minimum absolute atomic E-state index is 0.261. The predicted molar refractivity (Wildman–Crippen MR) is 47.5 cm³/mol. The lowest BCUT2D eigenvalue weighted by Crippen LogP contribution is -2.31. The molecule has 3 nitrogen and oxygen atoms in total. The molecule has 0 atom stereocenters. The zero-order valence-electron chi connectivity index (χ0n) is 8.32. The Labute approximate surface area is 89.7 Å². The summed E-state index contributed by atoms with van der Waals surface area (Å²) in [4.78, 5) is 0. The normalized spacial score (nSPS) is 25.0. The van der Waals surface area contributed by atoms with E-state index >= 15 is 0 Å². The van der Waals surface area contributed by atoms with E-state index in [9.17, 15) is 13.2 Å². The van der Waals surface area contributed by atoms with E-state index in [4.69, 9.17) is 9.47 Å².